The Morgan fingerprint density at radius 3 is 2.56 bits per heavy atom. The highest BCUT2D eigenvalue weighted by Crippen LogP contribution is 2.23. The standard InChI is InChI=1S/C19H21ClN2O3/c1-4-10-25-15-7-5-6-13(11-15)18(23)21-14-8-9-16(17(20)12-14)19(24)22(2)3/h5-9,11-12H,4,10H2,1-3H3,(H,21,23). The van der Waals surface area contributed by atoms with Crippen molar-refractivity contribution in [2.45, 2.75) is 13.3 Å². The van der Waals surface area contributed by atoms with Gasteiger partial charge in [-0.1, -0.05) is 24.6 Å². The third-order valence-electron chi connectivity index (χ3n) is 3.43. The lowest BCUT2D eigenvalue weighted by atomic mass is 10.1. The van der Waals surface area contributed by atoms with E-state index in [9.17, 15) is 9.59 Å². The summed E-state index contributed by atoms with van der Waals surface area (Å²) in [5.41, 5.74) is 1.39. The zero-order chi connectivity index (χ0) is 18.4. The number of hydrogen-bond donors (Lipinski definition) is 1. The number of carbonyl (C=O) groups excluding carboxylic acids is 2. The van der Waals surface area contributed by atoms with Crippen LogP contribution in [0.3, 0.4) is 0 Å². The Balaban J connectivity index is 2.13. The number of nitrogens with zero attached hydrogens (tertiary/aromatic N) is 1. The first-order chi connectivity index (χ1) is 11.9. The molecule has 0 aliphatic rings. The minimum absolute atomic E-state index is 0.191. The minimum Gasteiger partial charge on any atom is -0.494 e. The van der Waals surface area contributed by atoms with Gasteiger partial charge in [0.2, 0.25) is 0 Å². The Labute approximate surface area is 152 Å². The lowest BCUT2D eigenvalue weighted by molar-refractivity contribution is 0.0827. The Kier molecular flexibility index (Phi) is 6.42. The number of benzene rings is 2. The Bertz CT molecular complexity index is 775. The molecule has 1 N–H and O–H groups in total. The smallest absolute Gasteiger partial charge is 0.255 e. The Hall–Kier alpha value is -2.53. The number of amides is 2. The van der Waals surface area contributed by atoms with Crippen LogP contribution in [0.15, 0.2) is 42.5 Å². The van der Waals surface area contributed by atoms with Gasteiger partial charge < -0.3 is 15.0 Å². The third-order valence-corrected chi connectivity index (χ3v) is 3.75. The summed E-state index contributed by atoms with van der Waals surface area (Å²) in [5.74, 6) is 0.188. The van der Waals surface area contributed by atoms with E-state index in [0.717, 1.165) is 6.42 Å². The highest BCUT2D eigenvalue weighted by Gasteiger charge is 2.14. The molecule has 132 valence electrons. The summed E-state index contributed by atoms with van der Waals surface area (Å²) in [5, 5.41) is 3.06. The summed E-state index contributed by atoms with van der Waals surface area (Å²) < 4.78 is 5.54. The zero-order valence-corrected chi connectivity index (χ0v) is 15.3. The van der Waals surface area contributed by atoms with Crippen molar-refractivity contribution in [3.8, 4) is 5.75 Å². The fourth-order valence-corrected chi connectivity index (χ4v) is 2.42. The Morgan fingerprint density at radius 2 is 1.92 bits per heavy atom. The van der Waals surface area contributed by atoms with Crippen LogP contribution in [0.25, 0.3) is 0 Å². The topological polar surface area (TPSA) is 58.6 Å². The van der Waals surface area contributed by atoms with Gasteiger partial charge in [0.15, 0.2) is 0 Å². The van der Waals surface area contributed by atoms with Crippen molar-refractivity contribution in [3.63, 3.8) is 0 Å². The highest BCUT2D eigenvalue weighted by molar-refractivity contribution is 6.34. The molecule has 0 aliphatic carbocycles. The normalized spacial score (nSPS) is 10.2. The molecular formula is C19H21ClN2O3. The molecule has 0 bridgehead atoms. The molecule has 2 aromatic rings. The molecular weight excluding hydrogens is 340 g/mol. The van der Waals surface area contributed by atoms with Crippen molar-refractivity contribution in [3.05, 3.63) is 58.6 Å². The van der Waals surface area contributed by atoms with E-state index in [0.29, 0.717) is 29.2 Å². The van der Waals surface area contributed by atoms with Crippen LogP contribution in [0, 0.1) is 0 Å². The van der Waals surface area contributed by atoms with Crippen molar-refractivity contribution in [2.75, 3.05) is 26.0 Å². The summed E-state index contributed by atoms with van der Waals surface area (Å²) in [6, 6.07) is 11.8. The van der Waals surface area contributed by atoms with E-state index in [1.165, 1.54) is 4.90 Å². The number of carbonyl (C=O) groups is 2. The molecule has 0 fully saturated rings. The van der Waals surface area contributed by atoms with E-state index in [2.05, 4.69) is 5.32 Å². The van der Waals surface area contributed by atoms with Crippen molar-refractivity contribution >= 4 is 29.1 Å². The molecule has 0 spiro atoms. The largest absolute Gasteiger partial charge is 0.494 e. The number of ether oxygens (including phenoxy) is 1. The van der Waals surface area contributed by atoms with Crippen molar-refractivity contribution in [1.29, 1.82) is 0 Å². The molecule has 0 heterocycles. The molecule has 5 nitrogen and oxygen atoms in total. The first-order valence-corrected chi connectivity index (χ1v) is 8.35. The fraction of sp³-hybridized carbons (Fsp3) is 0.263. The van der Waals surface area contributed by atoms with Gasteiger partial charge in [-0.15, -0.1) is 0 Å². The van der Waals surface area contributed by atoms with Crippen LogP contribution in [0.1, 0.15) is 34.1 Å². The monoisotopic (exact) mass is 360 g/mol. The number of rotatable bonds is 6. The van der Waals surface area contributed by atoms with Gasteiger partial charge in [-0.25, -0.2) is 0 Å². The van der Waals surface area contributed by atoms with Gasteiger partial charge in [0, 0.05) is 25.3 Å². The molecule has 0 aromatic heterocycles. The lowest BCUT2D eigenvalue weighted by Gasteiger charge is -2.13. The van der Waals surface area contributed by atoms with Crippen LogP contribution < -0.4 is 10.1 Å². The van der Waals surface area contributed by atoms with Gasteiger partial charge in [0.1, 0.15) is 5.75 Å². The molecule has 2 rings (SSSR count). The van der Waals surface area contributed by atoms with Crippen LogP contribution in [0.2, 0.25) is 5.02 Å². The second kappa shape index (κ2) is 8.53. The van der Waals surface area contributed by atoms with Gasteiger partial charge >= 0.3 is 0 Å². The maximum atomic E-state index is 12.4. The number of nitrogens with one attached hydrogen (secondary N) is 1. The molecule has 2 amide bonds. The quantitative estimate of drug-likeness (QED) is 0.844. The third kappa shape index (κ3) is 4.97. The highest BCUT2D eigenvalue weighted by atomic mass is 35.5. The summed E-state index contributed by atoms with van der Waals surface area (Å²) in [6.07, 6.45) is 0.896. The van der Waals surface area contributed by atoms with Crippen molar-refractivity contribution in [2.24, 2.45) is 0 Å². The van der Waals surface area contributed by atoms with Crippen LogP contribution >= 0.6 is 11.6 Å². The molecule has 0 saturated carbocycles. The molecule has 0 radical (unpaired) electrons. The van der Waals surface area contributed by atoms with E-state index >= 15 is 0 Å². The van der Waals surface area contributed by atoms with E-state index in [-0.39, 0.29) is 16.8 Å². The van der Waals surface area contributed by atoms with Crippen molar-refractivity contribution in [1.82, 2.24) is 4.90 Å². The zero-order valence-electron chi connectivity index (χ0n) is 14.5. The van der Waals surface area contributed by atoms with Gasteiger partial charge in [-0.05, 0) is 42.8 Å². The van der Waals surface area contributed by atoms with Gasteiger partial charge in [0.05, 0.1) is 17.2 Å². The SMILES string of the molecule is CCCOc1cccc(C(=O)Nc2ccc(C(=O)N(C)C)c(Cl)c2)c1. The first kappa shape index (κ1) is 18.8. The first-order valence-electron chi connectivity index (χ1n) is 7.97. The average molecular weight is 361 g/mol. The predicted molar refractivity (Wildman–Crippen MR) is 99.7 cm³/mol. The van der Waals surface area contributed by atoms with E-state index < -0.39 is 0 Å². The van der Waals surface area contributed by atoms with Crippen molar-refractivity contribution < 1.29 is 14.3 Å². The molecule has 0 unspecified atom stereocenters. The van der Waals surface area contributed by atoms with Gasteiger partial charge in [-0.3, -0.25) is 9.59 Å². The number of halogens is 1. The molecule has 2 aromatic carbocycles. The van der Waals surface area contributed by atoms with Gasteiger partial charge in [0.25, 0.3) is 11.8 Å². The molecule has 6 heteroatoms. The van der Waals surface area contributed by atoms with E-state index in [4.69, 9.17) is 16.3 Å². The maximum Gasteiger partial charge on any atom is 0.255 e. The molecule has 0 saturated heterocycles. The molecule has 25 heavy (non-hydrogen) atoms. The van der Waals surface area contributed by atoms with E-state index in [1.54, 1.807) is 50.5 Å². The summed E-state index contributed by atoms with van der Waals surface area (Å²) in [4.78, 5) is 25.8. The number of anilines is 1. The molecule has 0 aliphatic heterocycles. The van der Waals surface area contributed by atoms with Crippen LogP contribution in [-0.4, -0.2) is 37.4 Å². The predicted octanol–water partition coefficient (Wildman–Crippen LogP) is 4.08. The fourth-order valence-electron chi connectivity index (χ4n) is 2.16. The summed E-state index contributed by atoms with van der Waals surface area (Å²) in [7, 11) is 3.31. The van der Waals surface area contributed by atoms with Crippen LogP contribution in [-0.2, 0) is 0 Å². The number of hydrogen-bond acceptors (Lipinski definition) is 3. The maximum absolute atomic E-state index is 12.4. The Morgan fingerprint density at radius 1 is 1.16 bits per heavy atom. The summed E-state index contributed by atoms with van der Waals surface area (Å²) >= 11 is 6.16. The summed E-state index contributed by atoms with van der Waals surface area (Å²) in [6.45, 7) is 2.62. The molecule has 0 atom stereocenters. The van der Waals surface area contributed by atoms with E-state index in [1.807, 2.05) is 13.0 Å². The van der Waals surface area contributed by atoms with Crippen LogP contribution in [0.5, 0.6) is 5.75 Å². The minimum atomic E-state index is -0.273. The second-order valence-electron chi connectivity index (χ2n) is 5.72. The van der Waals surface area contributed by atoms with Gasteiger partial charge in [-0.2, -0.15) is 0 Å². The van der Waals surface area contributed by atoms with Crippen LogP contribution in [0.4, 0.5) is 5.69 Å². The lowest BCUT2D eigenvalue weighted by Crippen LogP contribution is -2.22. The average Bonchev–Trinajstić information content (AvgIpc) is 2.59. The second-order valence-corrected chi connectivity index (χ2v) is 6.13.